The second kappa shape index (κ2) is 5.64. The summed E-state index contributed by atoms with van der Waals surface area (Å²) in [5, 5.41) is 3.31. The van der Waals surface area contributed by atoms with Gasteiger partial charge in [-0.1, -0.05) is 26.8 Å². The van der Waals surface area contributed by atoms with Crippen molar-refractivity contribution in [1.29, 1.82) is 0 Å². The van der Waals surface area contributed by atoms with E-state index in [9.17, 15) is 8.42 Å². The second-order valence-corrected chi connectivity index (χ2v) is 8.44. The second-order valence-electron chi connectivity index (χ2n) is 6.59. The summed E-state index contributed by atoms with van der Waals surface area (Å²) in [5.74, 6) is 0.160. The van der Waals surface area contributed by atoms with Crippen molar-refractivity contribution in [3.8, 4) is 0 Å². The van der Waals surface area contributed by atoms with Gasteiger partial charge in [0.1, 0.15) is 0 Å². The molecule has 0 aliphatic carbocycles. The molecule has 0 atom stereocenters. The molecule has 4 nitrogen and oxygen atoms in total. The van der Waals surface area contributed by atoms with E-state index >= 15 is 0 Å². The Bertz CT molecular complexity index is 574. The fourth-order valence-electron chi connectivity index (χ4n) is 2.26. The van der Waals surface area contributed by atoms with Crippen LogP contribution >= 0.6 is 0 Å². The molecule has 0 saturated carbocycles. The number of sulfonamides is 1. The van der Waals surface area contributed by atoms with E-state index in [1.807, 2.05) is 18.2 Å². The summed E-state index contributed by atoms with van der Waals surface area (Å²) in [6, 6.07) is 5.74. The normalized spacial score (nSPS) is 15.3. The molecule has 5 heteroatoms. The molecule has 0 amide bonds. The summed E-state index contributed by atoms with van der Waals surface area (Å²) in [6.07, 6.45) is 2.60. The lowest BCUT2D eigenvalue weighted by Crippen LogP contribution is -2.22. The van der Waals surface area contributed by atoms with Crippen molar-refractivity contribution in [2.75, 3.05) is 22.3 Å². The van der Waals surface area contributed by atoms with Gasteiger partial charge in [0.15, 0.2) is 0 Å². The van der Waals surface area contributed by atoms with Crippen LogP contribution in [0.2, 0.25) is 0 Å². The van der Waals surface area contributed by atoms with E-state index in [4.69, 9.17) is 0 Å². The summed E-state index contributed by atoms with van der Waals surface area (Å²) in [4.78, 5) is 0. The van der Waals surface area contributed by atoms with Crippen LogP contribution < -0.4 is 10.0 Å². The molecule has 2 N–H and O–H groups in total. The first-order chi connectivity index (χ1) is 9.27. The van der Waals surface area contributed by atoms with E-state index in [0.717, 1.165) is 36.3 Å². The molecule has 0 fully saturated rings. The van der Waals surface area contributed by atoms with Gasteiger partial charge in [-0.2, -0.15) is 0 Å². The lowest BCUT2D eigenvalue weighted by atomic mass is 9.94. The molecule has 0 unspecified atom stereocenters. The van der Waals surface area contributed by atoms with Gasteiger partial charge in [-0.05, 0) is 42.4 Å². The SMILES string of the molecule is CC(C)(C)CCS(=O)(=O)Nc1cccc2c1CCCN2. The number of anilines is 2. The highest BCUT2D eigenvalue weighted by atomic mass is 32.2. The number of rotatable bonds is 4. The molecule has 0 spiro atoms. The fraction of sp³-hybridized carbons (Fsp3) is 0.600. The van der Waals surface area contributed by atoms with Gasteiger partial charge in [-0.25, -0.2) is 8.42 Å². The Hall–Kier alpha value is -1.23. The summed E-state index contributed by atoms with van der Waals surface area (Å²) < 4.78 is 27.2. The van der Waals surface area contributed by atoms with Crippen LogP contribution in [0.15, 0.2) is 18.2 Å². The average Bonchev–Trinajstić information content (AvgIpc) is 2.36. The topological polar surface area (TPSA) is 58.2 Å². The van der Waals surface area contributed by atoms with E-state index < -0.39 is 10.0 Å². The predicted octanol–water partition coefficient (Wildman–Crippen LogP) is 3.22. The summed E-state index contributed by atoms with van der Waals surface area (Å²) in [7, 11) is -3.28. The lowest BCUT2D eigenvalue weighted by Gasteiger charge is -2.22. The van der Waals surface area contributed by atoms with Crippen LogP contribution in [0, 0.1) is 5.41 Å². The standard InChI is InChI=1S/C15H24N2O2S/c1-15(2,3)9-11-20(18,19)17-14-8-4-7-13-12(14)6-5-10-16-13/h4,7-8,16-17H,5-6,9-11H2,1-3H3. The molecule has 112 valence electrons. The van der Waals surface area contributed by atoms with Gasteiger partial charge in [0.25, 0.3) is 0 Å². The van der Waals surface area contributed by atoms with E-state index in [1.54, 1.807) is 0 Å². The van der Waals surface area contributed by atoms with E-state index in [1.165, 1.54) is 0 Å². The number of hydrogen-bond donors (Lipinski definition) is 2. The Balaban J connectivity index is 2.13. The van der Waals surface area contributed by atoms with E-state index in [-0.39, 0.29) is 11.2 Å². The van der Waals surface area contributed by atoms with Crippen molar-refractivity contribution in [2.45, 2.75) is 40.0 Å². The van der Waals surface area contributed by atoms with Crippen LogP contribution in [0.4, 0.5) is 11.4 Å². The molecule has 1 aromatic carbocycles. The maximum Gasteiger partial charge on any atom is 0.232 e. The van der Waals surface area contributed by atoms with Crippen molar-refractivity contribution in [1.82, 2.24) is 0 Å². The van der Waals surface area contributed by atoms with Crippen LogP contribution in [-0.2, 0) is 16.4 Å². The van der Waals surface area contributed by atoms with Crippen LogP contribution in [0.5, 0.6) is 0 Å². The first-order valence-corrected chi connectivity index (χ1v) is 8.78. The van der Waals surface area contributed by atoms with Gasteiger partial charge in [-0.3, -0.25) is 4.72 Å². The van der Waals surface area contributed by atoms with Gasteiger partial charge >= 0.3 is 0 Å². The molecular weight excluding hydrogens is 272 g/mol. The molecule has 0 radical (unpaired) electrons. The van der Waals surface area contributed by atoms with Gasteiger partial charge < -0.3 is 5.32 Å². The minimum Gasteiger partial charge on any atom is -0.385 e. The largest absolute Gasteiger partial charge is 0.385 e. The molecule has 2 rings (SSSR count). The van der Waals surface area contributed by atoms with Crippen molar-refractivity contribution in [3.05, 3.63) is 23.8 Å². The fourth-order valence-corrected chi connectivity index (χ4v) is 3.77. The molecule has 0 saturated heterocycles. The molecule has 1 aliphatic heterocycles. The molecule has 1 aromatic rings. The minimum absolute atomic E-state index is 0.0203. The number of fused-ring (bicyclic) bond motifs is 1. The van der Waals surface area contributed by atoms with Gasteiger partial charge in [0.2, 0.25) is 10.0 Å². The summed E-state index contributed by atoms with van der Waals surface area (Å²) in [6.45, 7) is 7.11. The Labute approximate surface area is 122 Å². The van der Waals surface area contributed by atoms with Gasteiger partial charge in [0, 0.05) is 12.2 Å². The molecular formula is C15H24N2O2S. The minimum atomic E-state index is -3.28. The molecule has 1 heterocycles. The Morgan fingerprint density at radius 2 is 2.05 bits per heavy atom. The first-order valence-electron chi connectivity index (χ1n) is 7.13. The average molecular weight is 296 g/mol. The summed E-state index contributed by atoms with van der Waals surface area (Å²) in [5.41, 5.74) is 2.88. The predicted molar refractivity (Wildman–Crippen MR) is 84.7 cm³/mol. The Morgan fingerprint density at radius 1 is 1.30 bits per heavy atom. The third kappa shape index (κ3) is 4.13. The van der Waals surface area contributed by atoms with E-state index in [0.29, 0.717) is 6.42 Å². The van der Waals surface area contributed by atoms with Crippen molar-refractivity contribution in [3.63, 3.8) is 0 Å². The van der Waals surface area contributed by atoms with Crippen LogP contribution in [-0.4, -0.2) is 20.7 Å². The zero-order chi connectivity index (χ0) is 14.8. The van der Waals surface area contributed by atoms with E-state index in [2.05, 4.69) is 30.8 Å². The lowest BCUT2D eigenvalue weighted by molar-refractivity contribution is 0.397. The molecule has 20 heavy (non-hydrogen) atoms. The maximum atomic E-state index is 12.2. The van der Waals surface area contributed by atoms with Crippen LogP contribution in [0.3, 0.4) is 0 Å². The monoisotopic (exact) mass is 296 g/mol. The quantitative estimate of drug-likeness (QED) is 0.897. The van der Waals surface area contributed by atoms with Gasteiger partial charge in [-0.15, -0.1) is 0 Å². The smallest absolute Gasteiger partial charge is 0.232 e. The number of hydrogen-bond acceptors (Lipinski definition) is 3. The zero-order valence-electron chi connectivity index (χ0n) is 12.5. The third-order valence-corrected chi connectivity index (χ3v) is 4.75. The van der Waals surface area contributed by atoms with Crippen molar-refractivity contribution < 1.29 is 8.42 Å². The maximum absolute atomic E-state index is 12.2. The third-order valence-electron chi connectivity index (χ3n) is 3.48. The first kappa shape index (κ1) is 15.2. The van der Waals surface area contributed by atoms with Gasteiger partial charge in [0.05, 0.1) is 11.4 Å². The highest BCUT2D eigenvalue weighted by Gasteiger charge is 2.20. The van der Waals surface area contributed by atoms with Crippen molar-refractivity contribution >= 4 is 21.4 Å². The molecule has 1 aliphatic rings. The molecule has 0 bridgehead atoms. The highest BCUT2D eigenvalue weighted by molar-refractivity contribution is 7.92. The Kier molecular flexibility index (Phi) is 4.28. The van der Waals surface area contributed by atoms with Crippen molar-refractivity contribution in [2.24, 2.45) is 5.41 Å². The highest BCUT2D eigenvalue weighted by Crippen LogP contribution is 2.30. The summed E-state index contributed by atoms with van der Waals surface area (Å²) >= 11 is 0. The molecule has 0 aromatic heterocycles. The zero-order valence-corrected chi connectivity index (χ0v) is 13.3. The van der Waals surface area contributed by atoms with Crippen LogP contribution in [0.1, 0.15) is 39.2 Å². The number of benzene rings is 1. The van der Waals surface area contributed by atoms with Crippen LogP contribution in [0.25, 0.3) is 0 Å². The Morgan fingerprint density at radius 3 is 2.75 bits per heavy atom. The number of nitrogens with one attached hydrogen (secondary N) is 2.